The maximum atomic E-state index is 12.8. The number of hydrogen-bond acceptors (Lipinski definition) is 5. The number of carbonyl (C=O) groups is 1. The molecule has 0 aromatic carbocycles. The van der Waals surface area contributed by atoms with Crippen molar-refractivity contribution in [3.05, 3.63) is 36.3 Å². The first kappa shape index (κ1) is 17.2. The number of β-amino-alcohol motifs (C(OH)–C–C–N with tert-alkyl or cyclic N) is 1. The van der Waals surface area contributed by atoms with Gasteiger partial charge in [0, 0.05) is 43.6 Å². The van der Waals surface area contributed by atoms with E-state index < -0.39 is 0 Å². The first-order valence-corrected chi connectivity index (χ1v) is 9.38. The fourth-order valence-corrected chi connectivity index (χ4v) is 4.02. The van der Waals surface area contributed by atoms with Crippen LogP contribution in [0.25, 0.3) is 11.3 Å². The minimum Gasteiger partial charge on any atom is -0.392 e. The fraction of sp³-hybridized carbons (Fsp3) is 0.526. The molecule has 4 heterocycles. The Hall–Kier alpha value is -2.25. The van der Waals surface area contributed by atoms with Crippen molar-refractivity contribution in [3.8, 4) is 11.3 Å². The van der Waals surface area contributed by atoms with Gasteiger partial charge in [-0.2, -0.15) is 5.10 Å². The van der Waals surface area contributed by atoms with Gasteiger partial charge in [0.05, 0.1) is 11.8 Å². The van der Waals surface area contributed by atoms with Crippen molar-refractivity contribution in [2.75, 3.05) is 26.2 Å². The molecule has 1 amide bonds. The number of aromatic amines is 1. The number of aliphatic hydroxyl groups excluding tert-OH is 1. The number of likely N-dealkylation sites (tertiary alicyclic amines) is 2. The molecule has 2 fully saturated rings. The zero-order valence-corrected chi connectivity index (χ0v) is 14.8. The second kappa shape index (κ2) is 7.55. The summed E-state index contributed by atoms with van der Waals surface area (Å²) in [7, 11) is 0. The Bertz CT molecular complexity index is 739. The summed E-state index contributed by atoms with van der Waals surface area (Å²) in [6.45, 7) is 3.33. The number of amides is 1. The number of piperidine rings is 2. The summed E-state index contributed by atoms with van der Waals surface area (Å²) in [5.74, 6) is 0.00920. The number of aromatic nitrogens is 3. The molecular formula is C19H25N5O2. The van der Waals surface area contributed by atoms with Crippen LogP contribution in [0.5, 0.6) is 0 Å². The Labute approximate surface area is 153 Å². The second-order valence-electron chi connectivity index (χ2n) is 7.22. The SMILES string of the molecule is O=C(c1cc(-c2ccncc2)n[nH]1)N1CCC(N2CCC[C@@H](O)C2)CC1. The first-order chi connectivity index (χ1) is 12.7. The monoisotopic (exact) mass is 355 g/mol. The van der Waals surface area contributed by atoms with Gasteiger partial charge in [0.25, 0.3) is 5.91 Å². The van der Waals surface area contributed by atoms with Gasteiger partial charge < -0.3 is 10.0 Å². The lowest BCUT2D eigenvalue weighted by atomic mass is 9.99. The molecule has 0 saturated carbocycles. The molecule has 138 valence electrons. The highest BCUT2D eigenvalue weighted by molar-refractivity contribution is 5.93. The molecule has 0 bridgehead atoms. The molecule has 0 aliphatic carbocycles. The lowest BCUT2D eigenvalue weighted by Gasteiger charge is -2.41. The fourth-order valence-electron chi connectivity index (χ4n) is 4.02. The van der Waals surface area contributed by atoms with E-state index in [-0.39, 0.29) is 12.0 Å². The van der Waals surface area contributed by atoms with Crippen LogP contribution in [-0.2, 0) is 0 Å². The van der Waals surface area contributed by atoms with Gasteiger partial charge in [-0.25, -0.2) is 0 Å². The van der Waals surface area contributed by atoms with Crippen LogP contribution in [0.4, 0.5) is 0 Å². The van der Waals surface area contributed by atoms with Gasteiger partial charge in [-0.1, -0.05) is 0 Å². The van der Waals surface area contributed by atoms with E-state index in [9.17, 15) is 9.90 Å². The van der Waals surface area contributed by atoms with Crippen molar-refractivity contribution in [2.45, 2.75) is 37.8 Å². The van der Waals surface area contributed by atoms with Gasteiger partial charge >= 0.3 is 0 Å². The van der Waals surface area contributed by atoms with Gasteiger partial charge in [-0.05, 0) is 50.4 Å². The summed E-state index contributed by atoms with van der Waals surface area (Å²) in [5, 5.41) is 17.0. The zero-order chi connectivity index (χ0) is 17.9. The largest absolute Gasteiger partial charge is 0.392 e. The quantitative estimate of drug-likeness (QED) is 0.872. The van der Waals surface area contributed by atoms with Crippen LogP contribution in [0.1, 0.15) is 36.2 Å². The number of H-pyrrole nitrogens is 1. The lowest BCUT2D eigenvalue weighted by molar-refractivity contribution is 0.0239. The summed E-state index contributed by atoms with van der Waals surface area (Å²) in [6, 6.07) is 6.04. The number of carbonyl (C=O) groups excluding carboxylic acids is 1. The Kier molecular flexibility index (Phi) is 4.99. The van der Waals surface area contributed by atoms with Crippen LogP contribution in [0, 0.1) is 0 Å². The Morgan fingerprint density at radius 2 is 1.92 bits per heavy atom. The van der Waals surface area contributed by atoms with Crippen molar-refractivity contribution in [1.29, 1.82) is 0 Å². The van der Waals surface area contributed by atoms with Gasteiger partial charge in [-0.15, -0.1) is 0 Å². The van der Waals surface area contributed by atoms with Crippen LogP contribution in [0.2, 0.25) is 0 Å². The van der Waals surface area contributed by atoms with Crippen LogP contribution in [0.15, 0.2) is 30.6 Å². The summed E-state index contributed by atoms with van der Waals surface area (Å²) in [4.78, 5) is 21.1. The van der Waals surface area contributed by atoms with Crippen molar-refractivity contribution < 1.29 is 9.90 Å². The highest BCUT2D eigenvalue weighted by atomic mass is 16.3. The molecule has 1 atom stereocenters. The molecule has 0 radical (unpaired) electrons. The highest BCUT2D eigenvalue weighted by Gasteiger charge is 2.30. The minimum atomic E-state index is -0.194. The lowest BCUT2D eigenvalue weighted by Crippen LogP contribution is -2.50. The predicted octanol–water partition coefficient (Wildman–Crippen LogP) is 1.53. The predicted molar refractivity (Wildman–Crippen MR) is 97.6 cm³/mol. The molecule has 2 aliphatic heterocycles. The summed E-state index contributed by atoms with van der Waals surface area (Å²) in [5.41, 5.74) is 2.23. The van der Waals surface area contributed by atoms with E-state index in [4.69, 9.17) is 0 Å². The van der Waals surface area contributed by atoms with Crippen molar-refractivity contribution in [2.24, 2.45) is 0 Å². The van der Waals surface area contributed by atoms with Crippen molar-refractivity contribution >= 4 is 5.91 Å². The average Bonchev–Trinajstić information content (AvgIpc) is 3.18. The Balaban J connectivity index is 1.36. The summed E-state index contributed by atoms with van der Waals surface area (Å²) >= 11 is 0. The van der Waals surface area contributed by atoms with Crippen molar-refractivity contribution in [3.63, 3.8) is 0 Å². The molecule has 2 N–H and O–H groups in total. The number of nitrogens with one attached hydrogen (secondary N) is 1. The third kappa shape index (κ3) is 3.64. The molecule has 7 nitrogen and oxygen atoms in total. The third-order valence-corrected chi connectivity index (χ3v) is 5.48. The van der Waals surface area contributed by atoms with E-state index in [2.05, 4.69) is 20.1 Å². The smallest absolute Gasteiger partial charge is 0.271 e. The molecule has 2 aromatic rings. The van der Waals surface area contributed by atoms with Gasteiger partial charge in [-0.3, -0.25) is 19.8 Å². The van der Waals surface area contributed by atoms with E-state index in [1.807, 2.05) is 23.1 Å². The molecule has 7 heteroatoms. The van der Waals surface area contributed by atoms with E-state index >= 15 is 0 Å². The molecule has 4 rings (SSSR count). The third-order valence-electron chi connectivity index (χ3n) is 5.48. The molecule has 2 aromatic heterocycles. The maximum absolute atomic E-state index is 12.8. The van der Waals surface area contributed by atoms with Crippen LogP contribution < -0.4 is 0 Å². The van der Waals surface area contributed by atoms with Gasteiger partial charge in [0.1, 0.15) is 5.69 Å². The molecule has 2 saturated heterocycles. The Morgan fingerprint density at radius 3 is 2.65 bits per heavy atom. The zero-order valence-electron chi connectivity index (χ0n) is 14.8. The van der Waals surface area contributed by atoms with Crippen molar-refractivity contribution in [1.82, 2.24) is 25.0 Å². The van der Waals surface area contributed by atoms with Crippen LogP contribution >= 0.6 is 0 Å². The van der Waals surface area contributed by atoms with E-state index in [0.717, 1.165) is 63.1 Å². The number of pyridine rings is 1. The number of hydrogen-bond donors (Lipinski definition) is 2. The normalized spacial score (nSPS) is 22.5. The Morgan fingerprint density at radius 1 is 1.15 bits per heavy atom. The summed E-state index contributed by atoms with van der Waals surface area (Å²) in [6.07, 6.45) is 7.13. The number of rotatable bonds is 3. The molecule has 0 spiro atoms. The van der Waals surface area contributed by atoms with E-state index in [1.54, 1.807) is 12.4 Å². The van der Waals surface area contributed by atoms with Gasteiger partial charge in [0.15, 0.2) is 0 Å². The maximum Gasteiger partial charge on any atom is 0.271 e. The van der Waals surface area contributed by atoms with E-state index in [1.165, 1.54) is 0 Å². The summed E-state index contributed by atoms with van der Waals surface area (Å²) < 4.78 is 0. The minimum absolute atomic E-state index is 0.00920. The molecule has 26 heavy (non-hydrogen) atoms. The molecule has 2 aliphatic rings. The first-order valence-electron chi connectivity index (χ1n) is 9.38. The number of nitrogens with zero attached hydrogens (tertiary/aromatic N) is 4. The van der Waals surface area contributed by atoms with Crippen LogP contribution in [-0.4, -0.2) is 74.3 Å². The highest BCUT2D eigenvalue weighted by Crippen LogP contribution is 2.23. The topological polar surface area (TPSA) is 85.4 Å². The van der Waals surface area contributed by atoms with Crippen LogP contribution in [0.3, 0.4) is 0 Å². The van der Waals surface area contributed by atoms with Gasteiger partial charge in [0.2, 0.25) is 0 Å². The molecule has 0 unspecified atom stereocenters. The second-order valence-corrected chi connectivity index (χ2v) is 7.22. The number of aliphatic hydroxyl groups is 1. The average molecular weight is 355 g/mol. The molecular weight excluding hydrogens is 330 g/mol. The standard InChI is InChI=1S/C19H25N5O2/c25-16-2-1-9-24(13-16)15-5-10-23(11-6-15)19(26)18-12-17(21-22-18)14-3-7-20-8-4-14/h3-4,7-8,12,15-16,25H,1-2,5-6,9-11,13H2,(H,21,22)/t16-/m1/s1. The van der Waals surface area contributed by atoms with E-state index in [0.29, 0.717) is 11.7 Å².